The van der Waals surface area contributed by atoms with E-state index in [0.29, 0.717) is 0 Å². The maximum atomic E-state index is 2.52. The van der Waals surface area contributed by atoms with Gasteiger partial charge in [0.1, 0.15) is 0 Å². The van der Waals surface area contributed by atoms with Crippen molar-refractivity contribution < 1.29 is 0 Å². The second kappa shape index (κ2) is 11.2. The molecule has 0 aliphatic heterocycles. The van der Waals surface area contributed by atoms with Gasteiger partial charge in [-0.2, -0.15) is 0 Å². The normalized spacial score (nSPS) is 12.1. The van der Waals surface area contributed by atoms with Gasteiger partial charge in [-0.3, -0.25) is 0 Å². The SMILES string of the molecule is c1ccc(-c2ccccc2-c2cc3ccc4ccc5c6c(cc(c2)c3c46)-c2c-5c(-c3ccccc3)c3cc4ccccc4cc3c2-c2ccccc2)cc1. The van der Waals surface area contributed by atoms with Crippen LogP contribution in [0, 0.1) is 0 Å². The van der Waals surface area contributed by atoms with E-state index in [-0.39, 0.29) is 0 Å². The highest BCUT2D eigenvalue weighted by atomic mass is 14.3. The smallest absolute Gasteiger partial charge is 0.000719 e. The summed E-state index contributed by atoms with van der Waals surface area (Å²) in [5.41, 5.74) is 15.4. The van der Waals surface area contributed by atoms with Crippen LogP contribution in [0.4, 0.5) is 0 Å². The number of benzene rings is 11. The Morgan fingerprint density at radius 1 is 0.204 bits per heavy atom. The molecule has 1 aliphatic carbocycles. The Bertz CT molecular complexity index is 3280. The molecule has 248 valence electrons. The summed E-state index contributed by atoms with van der Waals surface area (Å²) in [4.78, 5) is 0. The zero-order valence-corrected chi connectivity index (χ0v) is 29.5. The van der Waals surface area contributed by atoms with Crippen molar-refractivity contribution in [2.75, 3.05) is 0 Å². The largest absolute Gasteiger partial charge is 0.0622 e. The lowest BCUT2D eigenvalue weighted by molar-refractivity contribution is 1.60. The molecule has 0 N–H and O–H groups in total. The Morgan fingerprint density at radius 3 is 1.31 bits per heavy atom. The average Bonchev–Trinajstić information content (AvgIpc) is 3.56. The van der Waals surface area contributed by atoms with Gasteiger partial charge in [-0.05, 0) is 151 Å². The van der Waals surface area contributed by atoms with E-state index in [2.05, 4.69) is 194 Å². The minimum atomic E-state index is 1.23. The Balaban J connectivity index is 1.26. The van der Waals surface area contributed by atoms with Crippen LogP contribution in [0.1, 0.15) is 0 Å². The first-order valence-corrected chi connectivity index (χ1v) is 18.8. The van der Waals surface area contributed by atoms with Crippen molar-refractivity contribution >= 4 is 53.9 Å². The van der Waals surface area contributed by atoms with Crippen LogP contribution in [0.25, 0.3) is 121 Å². The van der Waals surface area contributed by atoms with Crippen LogP contribution >= 0.6 is 0 Å². The third-order valence-corrected chi connectivity index (χ3v) is 11.9. The molecule has 12 rings (SSSR count). The van der Waals surface area contributed by atoms with E-state index in [1.807, 2.05) is 0 Å². The Morgan fingerprint density at radius 2 is 0.685 bits per heavy atom. The lowest BCUT2D eigenvalue weighted by atomic mass is 9.81. The summed E-state index contributed by atoms with van der Waals surface area (Å²) >= 11 is 0. The first-order valence-electron chi connectivity index (χ1n) is 18.8. The monoisotopic (exact) mass is 680 g/mol. The fourth-order valence-corrected chi connectivity index (χ4v) is 9.62. The van der Waals surface area contributed by atoms with Crippen molar-refractivity contribution in [3.63, 3.8) is 0 Å². The maximum Gasteiger partial charge on any atom is -0.000719 e. The van der Waals surface area contributed by atoms with Gasteiger partial charge in [0.25, 0.3) is 0 Å². The number of fused-ring (bicyclic) bond motifs is 5. The third kappa shape index (κ3) is 4.14. The van der Waals surface area contributed by atoms with Gasteiger partial charge in [-0.1, -0.05) is 164 Å². The van der Waals surface area contributed by atoms with Gasteiger partial charge in [0.05, 0.1) is 0 Å². The summed E-state index contributed by atoms with van der Waals surface area (Å²) in [5.74, 6) is 0. The molecule has 11 aromatic rings. The molecule has 0 saturated heterocycles. The molecule has 0 bridgehead atoms. The molecule has 0 radical (unpaired) electrons. The Hall–Kier alpha value is -7.02. The van der Waals surface area contributed by atoms with Crippen LogP contribution in [0.15, 0.2) is 194 Å². The van der Waals surface area contributed by atoms with E-state index in [1.165, 1.54) is 121 Å². The van der Waals surface area contributed by atoms with E-state index in [9.17, 15) is 0 Å². The average molecular weight is 681 g/mol. The van der Waals surface area contributed by atoms with Gasteiger partial charge in [0.15, 0.2) is 0 Å². The lowest BCUT2D eigenvalue weighted by Crippen LogP contribution is -1.94. The van der Waals surface area contributed by atoms with Crippen molar-refractivity contribution in [3.8, 4) is 66.8 Å². The predicted molar refractivity (Wildman–Crippen MR) is 231 cm³/mol. The molecule has 54 heavy (non-hydrogen) atoms. The van der Waals surface area contributed by atoms with Crippen molar-refractivity contribution in [2.24, 2.45) is 0 Å². The maximum absolute atomic E-state index is 2.52. The molecule has 0 nitrogen and oxygen atoms in total. The van der Waals surface area contributed by atoms with Crippen LogP contribution in [0.2, 0.25) is 0 Å². The van der Waals surface area contributed by atoms with Crippen LogP contribution in [-0.4, -0.2) is 0 Å². The molecule has 0 saturated carbocycles. The van der Waals surface area contributed by atoms with Gasteiger partial charge in [-0.25, -0.2) is 0 Å². The first-order chi connectivity index (χ1) is 26.8. The topological polar surface area (TPSA) is 0 Å². The molecule has 0 atom stereocenters. The third-order valence-electron chi connectivity index (χ3n) is 11.9. The molecular weight excluding hydrogens is 649 g/mol. The minimum absolute atomic E-state index is 1.23. The highest BCUT2D eigenvalue weighted by molar-refractivity contribution is 6.36. The fraction of sp³-hybridized carbons (Fsp3) is 0. The fourth-order valence-electron chi connectivity index (χ4n) is 9.62. The van der Waals surface area contributed by atoms with E-state index < -0.39 is 0 Å². The Labute approximate surface area is 313 Å². The van der Waals surface area contributed by atoms with Gasteiger partial charge in [0.2, 0.25) is 0 Å². The number of hydrogen-bond donors (Lipinski definition) is 0. The van der Waals surface area contributed by atoms with E-state index in [0.717, 1.165) is 0 Å². The molecule has 11 aromatic carbocycles. The standard InChI is InChI=1S/C54H32/c1-4-14-33(15-5-1)42-22-12-13-23-43(42)40-28-39-25-24-36-26-27-44-52-47(32-41(29-40)48(39)51(36)52)54-50(35-18-8-3-9-19-35)46-31-38-21-11-10-20-37(38)30-45(46)49(53(44)54)34-16-6-2-7-17-34/h1-32H. The summed E-state index contributed by atoms with van der Waals surface area (Å²) in [5, 5.41) is 13.0. The molecule has 0 fully saturated rings. The highest BCUT2D eigenvalue weighted by Gasteiger charge is 2.32. The van der Waals surface area contributed by atoms with Crippen molar-refractivity contribution in [1.29, 1.82) is 0 Å². The van der Waals surface area contributed by atoms with Crippen LogP contribution in [0.5, 0.6) is 0 Å². The van der Waals surface area contributed by atoms with Gasteiger partial charge < -0.3 is 0 Å². The van der Waals surface area contributed by atoms with Gasteiger partial charge in [-0.15, -0.1) is 0 Å². The van der Waals surface area contributed by atoms with Crippen molar-refractivity contribution in [2.45, 2.75) is 0 Å². The zero-order valence-electron chi connectivity index (χ0n) is 29.5. The second-order valence-corrected chi connectivity index (χ2v) is 14.8. The van der Waals surface area contributed by atoms with Crippen molar-refractivity contribution in [1.82, 2.24) is 0 Å². The molecule has 0 amide bonds. The lowest BCUT2D eigenvalue weighted by Gasteiger charge is -2.21. The van der Waals surface area contributed by atoms with Gasteiger partial charge in [0, 0.05) is 0 Å². The summed E-state index contributed by atoms with van der Waals surface area (Å²) in [6.07, 6.45) is 0. The molecule has 0 unspecified atom stereocenters. The number of rotatable bonds is 4. The molecule has 1 aliphatic rings. The van der Waals surface area contributed by atoms with Crippen LogP contribution in [-0.2, 0) is 0 Å². The summed E-state index contributed by atoms with van der Waals surface area (Å²) in [7, 11) is 0. The van der Waals surface area contributed by atoms with Crippen LogP contribution < -0.4 is 0 Å². The minimum Gasteiger partial charge on any atom is -0.0622 e. The first kappa shape index (κ1) is 29.5. The van der Waals surface area contributed by atoms with Crippen molar-refractivity contribution in [3.05, 3.63) is 194 Å². The molecule has 0 aromatic heterocycles. The summed E-state index contributed by atoms with van der Waals surface area (Å²) in [6, 6.07) is 72.2. The summed E-state index contributed by atoms with van der Waals surface area (Å²) in [6.45, 7) is 0. The van der Waals surface area contributed by atoms with Crippen LogP contribution in [0.3, 0.4) is 0 Å². The molecule has 0 heterocycles. The quantitative estimate of drug-likeness (QED) is 0.128. The molecular formula is C54H32. The number of hydrogen-bond acceptors (Lipinski definition) is 0. The van der Waals surface area contributed by atoms with E-state index in [4.69, 9.17) is 0 Å². The second-order valence-electron chi connectivity index (χ2n) is 14.8. The summed E-state index contributed by atoms with van der Waals surface area (Å²) < 4.78 is 0. The zero-order chi connectivity index (χ0) is 35.3. The molecule has 0 heteroatoms. The van der Waals surface area contributed by atoms with Gasteiger partial charge >= 0.3 is 0 Å². The van der Waals surface area contributed by atoms with E-state index in [1.54, 1.807) is 0 Å². The Kier molecular flexibility index (Phi) is 6.15. The molecule has 0 spiro atoms. The van der Waals surface area contributed by atoms with E-state index >= 15 is 0 Å². The predicted octanol–water partition coefficient (Wildman–Crippen LogP) is 15.2. The highest BCUT2D eigenvalue weighted by Crippen LogP contribution is 2.60.